The molecule has 2 aromatic heterocycles. The van der Waals surface area contributed by atoms with Gasteiger partial charge in [0.25, 0.3) is 5.91 Å². The van der Waals surface area contributed by atoms with Gasteiger partial charge in [-0.25, -0.2) is 9.78 Å². The highest BCUT2D eigenvalue weighted by Gasteiger charge is 2.31. The summed E-state index contributed by atoms with van der Waals surface area (Å²) in [5, 5.41) is 9.61. The van der Waals surface area contributed by atoms with Crippen LogP contribution in [0.25, 0.3) is 16.7 Å². The van der Waals surface area contributed by atoms with Crippen molar-refractivity contribution in [1.29, 1.82) is 5.26 Å². The number of para-hydroxylation sites is 1. The number of likely N-dealkylation sites (tertiary alicyclic amines) is 1. The molecule has 0 spiro atoms. The normalized spacial score (nSPS) is 16.1. The van der Waals surface area contributed by atoms with Gasteiger partial charge in [0.1, 0.15) is 34.5 Å². The molecule has 2 aromatic carbocycles. The second kappa shape index (κ2) is 10.7. The molecule has 40 heavy (non-hydrogen) atoms. The van der Waals surface area contributed by atoms with E-state index < -0.39 is 11.4 Å². The number of fused-ring (bicyclic) bond motifs is 1. The minimum atomic E-state index is -0.813. The number of carbonyl (C=O) groups excluding carboxylic acids is 1. The van der Waals surface area contributed by atoms with E-state index in [2.05, 4.69) is 4.98 Å². The zero-order valence-electron chi connectivity index (χ0n) is 22.4. The second-order valence-electron chi connectivity index (χ2n) is 10.5. The molecule has 1 atom stereocenters. The van der Waals surface area contributed by atoms with Crippen LogP contribution in [-0.2, 0) is 4.79 Å². The van der Waals surface area contributed by atoms with E-state index in [1.165, 1.54) is 6.08 Å². The fourth-order valence-electron chi connectivity index (χ4n) is 5.10. The molecule has 0 radical (unpaired) electrons. The van der Waals surface area contributed by atoms with Gasteiger partial charge in [-0.05, 0) is 75.2 Å². The number of aromatic nitrogens is 3. The number of rotatable bonds is 6. The molecule has 1 saturated heterocycles. The van der Waals surface area contributed by atoms with Gasteiger partial charge in [0.15, 0.2) is 0 Å². The molecule has 0 bridgehead atoms. The molecule has 1 aliphatic heterocycles. The highest BCUT2D eigenvalue weighted by Crippen LogP contribution is 2.30. The fraction of sp³-hybridized carbons (Fsp3) is 0.267. The molecule has 0 aliphatic carbocycles. The SMILES string of the molecule is CC(C)(N)C=C(C#N)C(=O)N1CCC[C@@H](n2c(=O)n(-c3ccc(Oc4ccccc4)cc3)c3c(N)nccc32)C1. The maximum Gasteiger partial charge on any atom is 0.334 e. The molecule has 4 N–H and O–H groups in total. The smallest absolute Gasteiger partial charge is 0.334 e. The first kappa shape index (κ1) is 26.7. The first-order valence-electron chi connectivity index (χ1n) is 13.1. The maximum absolute atomic E-state index is 14.0. The summed E-state index contributed by atoms with van der Waals surface area (Å²) in [5.74, 6) is 1.17. The number of anilines is 1. The van der Waals surface area contributed by atoms with Crippen molar-refractivity contribution in [1.82, 2.24) is 19.0 Å². The van der Waals surface area contributed by atoms with Crippen molar-refractivity contribution in [2.45, 2.75) is 38.3 Å². The Kier molecular flexibility index (Phi) is 7.15. The molecule has 204 valence electrons. The first-order valence-corrected chi connectivity index (χ1v) is 13.1. The summed E-state index contributed by atoms with van der Waals surface area (Å²) >= 11 is 0. The number of pyridine rings is 1. The lowest BCUT2D eigenvalue weighted by atomic mass is 10.0. The Morgan fingerprint density at radius 3 is 2.50 bits per heavy atom. The van der Waals surface area contributed by atoms with Crippen LogP contribution >= 0.6 is 0 Å². The van der Waals surface area contributed by atoms with Crippen LogP contribution in [0.3, 0.4) is 0 Å². The van der Waals surface area contributed by atoms with Crippen LogP contribution in [0, 0.1) is 11.3 Å². The van der Waals surface area contributed by atoms with Crippen molar-refractivity contribution < 1.29 is 9.53 Å². The summed E-state index contributed by atoms with van der Waals surface area (Å²) in [7, 11) is 0. The highest BCUT2D eigenvalue weighted by atomic mass is 16.5. The Labute approximate surface area is 231 Å². The molecule has 10 heteroatoms. The summed E-state index contributed by atoms with van der Waals surface area (Å²) < 4.78 is 9.13. The molecule has 0 saturated carbocycles. The van der Waals surface area contributed by atoms with Gasteiger partial charge in [-0.1, -0.05) is 18.2 Å². The van der Waals surface area contributed by atoms with Gasteiger partial charge in [-0.15, -0.1) is 0 Å². The van der Waals surface area contributed by atoms with Gasteiger partial charge in [0.05, 0.1) is 17.2 Å². The monoisotopic (exact) mass is 537 g/mol. The number of ether oxygens (including phenoxy) is 1. The predicted octanol–water partition coefficient (Wildman–Crippen LogP) is 3.91. The number of piperidine rings is 1. The van der Waals surface area contributed by atoms with Crippen molar-refractivity contribution in [2.75, 3.05) is 18.8 Å². The van der Waals surface area contributed by atoms with Crippen LogP contribution in [0.4, 0.5) is 5.82 Å². The van der Waals surface area contributed by atoms with Crippen LogP contribution in [0.2, 0.25) is 0 Å². The predicted molar refractivity (Wildman–Crippen MR) is 153 cm³/mol. The Balaban J connectivity index is 1.51. The van der Waals surface area contributed by atoms with Gasteiger partial charge in [-0.3, -0.25) is 13.9 Å². The number of benzene rings is 2. The average Bonchev–Trinajstić information content (AvgIpc) is 3.25. The van der Waals surface area contributed by atoms with Gasteiger partial charge in [0.2, 0.25) is 0 Å². The number of imidazole rings is 1. The van der Waals surface area contributed by atoms with E-state index >= 15 is 0 Å². The number of amides is 1. The van der Waals surface area contributed by atoms with Crippen molar-refractivity contribution in [3.63, 3.8) is 0 Å². The summed E-state index contributed by atoms with van der Waals surface area (Å²) in [6.07, 6.45) is 4.41. The summed E-state index contributed by atoms with van der Waals surface area (Å²) in [6, 6.07) is 20.0. The third kappa shape index (κ3) is 5.32. The van der Waals surface area contributed by atoms with Gasteiger partial charge < -0.3 is 21.1 Å². The van der Waals surface area contributed by atoms with Crippen molar-refractivity contribution in [3.8, 4) is 23.3 Å². The fourth-order valence-corrected chi connectivity index (χ4v) is 5.10. The molecule has 0 unspecified atom stereocenters. The Morgan fingerprint density at radius 2 is 1.82 bits per heavy atom. The van der Waals surface area contributed by atoms with Crippen molar-refractivity contribution >= 4 is 22.8 Å². The maximum atomic E-state index is 14.0. The van der Waals surface area contributed by atoms with Gasteiger partial charge >= 0.3 is 5.69 Å². The van der Waals surface area contributed by atoms with Gasteiger partial charge in [-0.2, -0.15) is 5.26 Å². The summed E-state index contributed by atoms with van der Waals surface area (Å²) in [4.78, 5) is 33.1. The molecule has 5 rings (SSSR count). The van der Waals surface area contributed by atoms with E-state index in [9.17, 15) is 14.9 Å². The minimum absolute atomic E-state index is 0.00539. The van der Waals surface area contributed by atoms with Crippen LogP contribution < -0.4 is 21.9 Å². The number of hydrogen-bond acceptors (Lipinski definition) is 7. The molecule has 1 amide bonds. The molecule has 4 aromatic rings. The van der Waals surface area contributed by atoms with Gasteiger partial charge in [0, 0.05) is 24.8 Å². The molecule has 3 heterocycles. The Bertz CT molecular complexity index is 1670. The standard InChI is InChI=1S/C30H31N7O3/c1-30(2,33)17-20(18-31)28(38)35-16-6-7-22(19-35)36-25-14-15-34-27(32)26(25)37(29(36)39)21-10-12-24(13-11-21)40-23-8-4-3-5-9-23/h3-5,8-15,17,22H,6-7,16,19,33H2,1-2H3,(H2,32,34)/t22-/m1/s1. The zero-order chi connectivity index (χ0) is 28.4. The first-order chi connectivity index (χ1) is 19.2. The van der Waals surface area contributed by atoms with Crippen LogP contribution in [0.15, 0.2) is 83.3 Å². The third-order valence-electron chi connectivity index (χ3n) is 6.80. The lowest BCUT2D eigenvalue weighted by molar-refractivity contribution is -0.128. The average molecular weight is 538 g/mol. The lowest BCUT2D eigenvalue weighted by Gasteiger charge is -2.33. The zero-order valence-corrected chi connectivity index (χ0v) is 22.4. The number of carbonyl (C=O) groups is 1. The Morgan fingerprint density at radius 1 is 1.12 bits per heavy atom. The van der Waals surface area contributed by atoms with Crippen molar-refractivity contribution in [3.05, 3.63) is 89.0 Å². The van der Waals surface area contributed by atoms with E-state index in [1.807, 2.05) is 36.4 Å². The Hall–Kier alpha value is -4.88. The van der Waals surface area contributed by atoms with Crippen LogP contribution in [0.1, 0.15) is 32.7 Å². The third-order valence-corrected chi connectivity index (χ3v) is 6.80. The number of nitrogens with zero attached hydrogens (tertiary/aromatic N) is 5. The largest absolute Gasteiger partial charge is 0.457 e. The van der Waals surface area contributed by atoms with Crippen molar-refractivity contribution in [2.24, 2.45) is 5.73 Å². The van der Waals surface area contributed by atoms with E-state index in [-0.39, 0.29) is 29.7 Å². The molecule has 1 aliphatic rings. The molecule has 1 fully saturated rings. The molecular weight excluding hydrogens is 506 g/mol. The second-order valence-corrected chi connectivity index (χ2v) is 10.5. The number of nitriles is 1. The van der Waals surface area contributed by atoms with Crippen LogP contribution in [-0.4, -0.2) is 43.6 Å². The minimum Gasteiger partial charge on any atom is -0.457 e. The van der Waals surface area contributed by atoms with Crippen LogP contribution in [0.5, 0.6) is 11.5 Å². The summed E-state index contributed by atoms with van der Waals surface area (Å²) in [5.41, 5.74) is 13.0. The highest BCUT2D eigenvalue weighted by molar-refractivity contribution is 5.97. The number of hydrogen-bond donors (Lipinski definition) is 2. The number of nitrogens with two attached hydrogens (primary N) is 2. The topological polar surface area (TPSA) is 145 Å². The molecular formula is C30H31N7O3. The quantitative estimate of drug-likeness (QED) is 0.280. The van der Waals surface area contributed by atoms with E-state index in [0.29, 0.717) is 47.6 Å². The lowest BCUT2D eigenvalue weighted by Crippen LogP contribution is -2.44. The summed E-state index contributed by atoms with van der Waals surface area (Å²) in [6.45, 7) is 4.21. The van der Waals surface area contributed by atoms with E-state index in [0.717, 1.165) is 0 Å². The number of nitrogen functional groups attached to an aromatic ring is 1. The van der Waals surface area contributed by atoms with E-state index in [1.54, 1.807) is 64.4 Å². The van der Waals surface area contributed by atoms with E-state index in [4.69, 9.17) is 16.2 Å². The molecule has 10 nitrogen and oxygen atoms in total.